The second-order valence-corrected chi connectivity index (χ2v) is 6.43. The summed E-state index contributed by atoms with van der Waals surface area (Å²) in [7, 11) is 0. The number of amides is 3. The maximum atomic E-state index is 12.8. The van der Waals surface area contributed by atoms with Crippen molar-refractivity contribution in [3.05, 3.63) is 48.4 Å². The highest BCUT2D eigenvalue weighted by Gasteiger charge is 2.25. The maximum Gasteiger partial charge on any atom is 0.322 e. The average molecular weight is 373 g/mol. The largest absolute Gasteiger partial charge is 0.498 e. The van der Waals surface area contributed by atoms with Crippen molar-refractivity contribution in [1.29, 1.82) is 0 Å². The minimum absolute atomic E-state index is 0.339. The van der Waals surface area contributed by atoms with Crippen molar-refractivity contribution >= 4 is 18.2 Å². The third-order valence-corrected chi connectivity index (χ3v) is 4.31. The molecule has 0 fully saturated rings. The third-order valence-electron chi connectivity index (χ3n) is 4.31. The number of unbranched alkanes of at least 4 members (excludes halogenated alkanes) is 1. The van der Waals surface area contributed by atoms with Crippen LogP contribution in [0.2, 0.25) is 0 Å². The van der Waals surface area contributed by atoms with Crippen molar-refractivity contribution in [2.75, 3.05) is 13.2 Å². The van der Waals surface area contributed by atoms with Crippen LogP contribution in [-0.2, 0) is 20.7 Å². The van der Waals surface area contributed by atoms with E-state index in [4.69, 9.17) is 4.74 Å². The number of carbonyl (C=O) groups is 3. The monoisotopic (exact) mass is 373 g/mol. The van der Waals surface area contributed by atoms with E-state index in [0.29, 0.717) is 26.0 Å². The Labute approximate surface area is 159 Å². The molecule has 0 saturated heterocycles. The summed E-state index contributed by atoms with van der Waals surface area (Å²) in [5.41, 5.74) is 0.923. The molecule has 27 heavy (non-hydrogen) atoms. The van der Waals surface area contributed by atoms with Crippen LogP contribution in [0, 0.1) is 0 Å². The van der Waals surface area contributed by atoms with Crippen molar-refractivity contribution in [1.82, 2.24) is 15.5 Å². The molecule has 0 radical (unpaired) electrons. The molecule has 2 N–H and O–H groups in total. The molecule has 1 aromatic carbocycles. The molecule has 2 atom stereocenters. The molecule has 146 valence electrons. The summed E-state index contributed by atoms with van der Waals surface area (Å²) in [4.78, 5) is 38.0. The van der Waals surface area contributed by atoms with E-state index < -0.39 is 12.1 Å². The van der Waals surface area contributed by atoms with Crippen molar-refractivity contribution in [2.45, 2.75) is 44.7 Å². The molecule has 0 bridgehead atoms. The Balaban J connectivity index is 2.06. The molecule has 7 nitrogen and oxygen atoms in total. The van der Waals surface area contributed by atoms with Crippen LogP contribution < -0.4 is 10.6 Å². The van der Waals surface area contributed by atoms with Crippen molar-refractivity contribution in [3.8, 4) is 0 Å². The minimum Gasteiger partial charge on any atom is -0.498 e. The molecular weight excluding hydrogens is 346 g/mol. The first-order valence-corrected chi connectivity index (χ1v) is 9.29. The van der Waals surface area contributed by atoms with Crippen molar-refractivity contribution in [3.63, 3.8) is 0 Å². The summed E-state index contributed by atoms with van der Waals surface area (Å²) in [6, 6.07) is 7.75. The van der Waals surface area contributed by atoms with Crippen LogP contribution in [0.3, 0.4) is 0 Å². The Kier molecular flexibility index (Phi) is 8.35. The Morgan fingerprint density at radius 2 is 2.04 bits per heavy atom. The fourth-order valence-corrected chi connectivity index (χ4v) is 2.75. The van der Waals surface area contributed by atoms with Gasteiger partial charge in [0.25, 0.3) is 0 Å². The van der Waals surface area contributed by atoms with Gasteiger partial charge in [0.15, 0.2) is 0 Å². The van der Waals surface area contributed by atoms with Gasteiger partial charge in [-0.25, -0.2) is 4.79 Å². The number of carbonyl (C=O) groups excluding carboxylic acids is 3. The number of ether oxygens (including phenoxy) is 1. The van der Waals surface area contributed by atoms with Crippen LogP contribution in [0.1, 0.15) is 31.7 Å². The molecule has 7 heteroatoms. The number of benzene rings is 1. The summed E-state index contributed by atoms with van der Waals surface area (Å²) in [6.45, 7) is 2.84. The van der Waals surface area contributed by atoms with E-state index in [1.54, 1.807) is 0 Å². The van der Waals surface area contributed by atoms with Gasteiger partial charge in [0.2, 0.25) is 5.91 Å². The fourth-order valence-electron chi connectivity index (χ4n) is 2.75. The lowest BCUT2D eigenvalue weighted by Gasteiger charge is -2.26. The number of hydrogen-bond acceptors (Lipinski definition) is 4. The first kappa shape index (κ1) is 20.5. The molecule has 2 rings (SSSR count). The highest BCUT2D eigenvalue weighted by Crippen LogP contribution is 2.07. The SMILES string of the molecule is CCCC[C@@H](C=O)NC(=O)[C@H](Cc1ccccc1)NC(=O)N1C=COCC1. The fraction of sp³-hybridized carbons (Fsp3) is 0.450. The van der Waals surface area contributed by atoms with Crippen LogP contribution >= 0.6 is 0 Å². The van der Waals surface area contributed by atoms with Crippen LogP contribution in [-0.4, -0.2) is 48.4 Å². The summed E-state index contributed by atoms with van der Waals surface area (Å²) in [5, 5.41) is 5.52. The summed E-state index contributed by atoms with van der Waals surface area (Å²) in [6.07, 6.45) is 6.44. The predicted molar refractivity (Wildman–Crippen MR) is 102 cm³/mol. The first-order chi connectivity index (χ1) is 13.1. The highest BCUT2D eigenvalue weighted by atomic mass is 16.5. The van der Waals surface area contributed by atoms with Crippen molar-refractivity contribution < 1.29 is 19.1 Å². The van der Waals surface area contributed by atoms with E-state index in [1.807, 2.05) is 37.3 Å². The van der Waals surface area contributed by atoms with Gasteiger partial charge in [-0.15, -0.1) is 0 Å². The zero-order valence-corrected chi connectivity index (χ0v) is 15.6. The first-order valence-electron chi connectivity index (χ1n) is 9.29. The van der Waals surface area contributed by atoms with Crippen molar-refractivity contribution in [2.24, 2.45) is 0 Å². The normalized spacial score (nSPS) is 15.4. The van der Waals surface area contributed by atoms with Crippen LogP contribution in [0.15, 0.2) is 42.8 Å². The lowest BCUT2D eigenvalue weighted by atomic mass is 10.0. The molecule has 0 aromatic heterocycles. The van der Waals surface area contributed by atoms with E-state index >= 15 is 0 Å². The van der Waals surface area contributed by atoms with E-state index in [0.717, 1.165) is 24.7 Å². The van der Waals surface area contributed by atoms with E-state index in [2.05, 4.69) is 10.6 Å². The number of nitrogens with zero attached hydrogens (tertiary/aromatic N) is 1. The van der Waals surface area contributed by atoms with E-state index in [9.17, 15) is 14.4 Å². The molecule has 3 amide bonds. The lowest BCUT2D eigenvalue weighted by molar-refractivity contribution is -0.125. The second kappa shape index (κ2) is 11.0. The van der Waals surface area contributed by atoms with Gasteiger partial charge in [-0.05, 0) is 12.0 Å². The van der Waals surface area contributed by atoms with Crippen LogP contribution in [0.5, 0.6) is 0 Å². The maximum absolute atomic E-state index is 12.8. The number of urea groups is 1. The van der Waals surface area contributed by atoms with Gasteiger partial charge >= 0.3 is 6.03 Å². The molecule has 0 saturated carbocycles. The summed E-state index contributed by atoms with van der Waals surface area (Å²) < 4.78 is 5.08. The quantitative estimate of drug-likeness (QED) is 0.648. The van der Waals surface area contributed by atoms with Gasteiger partial charge in [-0.2, -0.15) is 0 Å². The topological polar surface area (TPSA) is 87.7 Å². The molecule has 0 unspecified atom stereocenters. The average Bonchev–Trinajstić information content (AvgIpc) is 2.71. The van der Waals surface area contributed by atoms with Gasteiger partial charge in [0.1, 0.15) is 18.9 Å². The number of rotatable bonds is 9. The zero-order valence-electron chi connectivity index (χ0n) is 15.6. The Morgan fingerprint density at radius 1 is 1.26 bits per heavy atom. The third kappa shape index (κ3) is 6.77. The smallest absolute Gasteiger partial charge is 0.322 e. The minimum atomic E-state index is -0.778. The van der Waals surface area contributed by atoms with Gasteiger partial charge in [0.05, 0.1) is 18.8 Å². The Bertz CT molecular complexity index is 648. The molecule has 1 aliphatic rings. The Hall–Kier alpha value is -2.83. The van der Waals surface area contributed by atoms with Gasteiger partial charge < -0.3 is 20.2 Å². The van der Waals surface area contributed by atoms with E-state index in [1.165, 1.54) is 17.4 Å². The van der Waals surface area contributed by atoms with E-state index in [-0.39, 0.29) is 11.9 Å². The molecule has 1 heterocycles. The highest BCUT2D eigenvalue weighted by molar-refractivity contribution is 5.89. The number of aldehydes is 1. The predicted octanol–water partition coefficient (Wildman–Crippen LogP) is 1.98. The molecular formula is C20H27N3O4. The van der Waals surface area contributed by atoms with Gasteiger partial charge in [0, 0.05) is 12.6 Å². The standard InChI is InChI=1S/C20H27N3O4/c1-2-3-9-17(15-24)21-19(25)18(14-16-7-5-4-6-8-16)22-20(26)23-10-12-27-13-11-23/h4-8,10,12,15,17-18H,2-3,9,11,13-14H2,1H3,(H,21,25)(H,22,26)/t17-,18-/m0/s1. The second-order valence-electron chi connectivity index (χ2n) is 6.43. The Morgan fingerprint density at radius 3 is 2.67 bits per heavy atom. The molecule has 1 aliphatic heterocycles. The summed E-state index contributed by atoms with van der Waals surface area (Å²) in [5.74, 6) is -0.363. The lowest BCUT2D eigenvalue weighted by Crippen LogP contribution is -2.53. The van der Waals surface area contributed by atoms with Crippen LogP contribution in [0.25, 0.3) is 0 Å². The summed E-state index contributed by atoms with van der Waals surface area (Å²) >= 11 is 0. The zero-order chi connectivity index (χ0) is 19.5. The van der Waals surface area contributed by atoms with Gasteiger partial charge in [-0.1, -0.05) is 50.1 Å². The molecule has 0 spiro atoms. The van der Waals surface area contributed by atoms with Crippen LogP contribution in [0.4, 0.5) is 4.79 Å². The number of nitrogens with one attached hydrogen (secondary N) is 2. The van der Waals surface area contributed by atoms with Gasteiger partial charge in [-0.3, -0.25) is 9.69 Å². The molecule has 0 aliphatic carbocycles. The molecule has 1 aromatic rings. The number of hydrogen-bond donors (Lipinski definition) is 2.